The highest BCUT2D eigenvalue weighted by Gasteiger charge is 2.21. The van der Waals surface area contributed by atoms with E-state index >= 15 is 0 Å². The van der Waals surface area contributed by atoms with E-state index in [1.54, 1.807) is 0 Å². The molecule has 9 heteroatoms. The fourth-order valence-corrected chi connectivity index (χ4v) is 2.86. The third-order valence-corrected chi connectivity index (χ3v) is 3.85. The smallest absolute Gasteiger partial charge is 0.179 e. The Bertz CT molecular complexity index is 767. The Labute approximate surface area is 133 Å². The summed E-state index contributed by atoms with van der Waals surface area (Å²) in [5, 5.41) is 23.9. The summed E-state index contributed by atoms with van der Waals surface area (Å²) >= 11 is 12.9. The number of aromatic nitrogens is 2. The summed E-state index contributed by atoms with van der Waals surface area (Å²) in [6, 6.07) is 4.63. The Balaban J connectivity index is 2.69. The lowest BCUT2D eigenvalue weighted by Gasteiger charge is -2.10. The Kier molecular flexibility index (Phi) is 4.59. The minimum atomic E-state index is -0.715. The molecule has 21 heavy (non-hydrogen) atoms. The highest BCUT2D eigenvalue weighted by atomic mass is 35.5. The minimum absolute atomic E-state index is 0.0132. The van der Waals surface area contributed by atoms with E-state index in [1.165, 1.54) is 16.8 Å². The summed E-state index contributed by atoms with van der Waals surface area (Å²) in [5.41, 5.74) is 6.42. The number of hydrogen-bond donors (Lipinski definition) is 1. The average Bonchev–Trinajstić information content (AvgIpc) is 2.76. The molecule has 0 unspecified atom stereocenters. The van der Waals surface area contributed by atoms with Crippen molar-refractivity contribution in [3.63, 3.8) is 0 Å². The number of halogens is 3. The van der Waals surface area contributed by atoms with Crippen molar-refractivity contribution in [3.8, 4) is 17.2 Å². The topological polar surface area (TPSA) is 91.4 Å². The number of thioether (sulfide) groups is 1. The lowest BCUT2D eigenvalue weighted by Crippen LogP contribution is -2.04. The molecule has 0 spiro atoms. The van der Waals surface area contributed by atoms with Gasteiger partial charge in [-0.25, -0.2) is 9.07 Å². The van der Waals surface area contributed by atoms with Crippen LogP contribution in [0.25, 0.3) is 5.69 Å². The average molecular weight is 342 g/mol. The van der Waals surface area contributed by atoms with Crippen LogP contribution >= 0.6 is 35.0 Å². The fraction of sp³-hybridized carbons (Fsp3) is 0.0833. The molecule has 0 saturated carbocycles. The van der Waals surface area contributed by atoms with Gasteiger partial charge in [-0.05, 0) is 29.5 Å². The molecule has 2 aromatic rings. The molecular weight excluding hydrogens is 336 g/mol. The van der Waals surface area contributed by atoms with Crippen molar-refractivity contribution in [3.05, 3.63) is 33.4 Å². The lowest BCUT2D eigenvalue weighted by atomic mass is 10.2. The van der Waals surface area contributed by atoms with Gasteiger partial charge in [-0.1, -0.05) is 23.2 Å². The third kappa shape index (κ3) is 2.77. The van der Waals surface area contributed by atoms with Gasteiger partial charge < -0.3 is 5.73 Å². The van der Waals surface area contributed by atoms with Gasteiger partial charge in [0.25, 0.3) is 0 Å². The summed E-state index contributed by atoms with van der Waals surface area (Å²) < 4.78 is 13.8. The molecule has 1 aromatic heterocycles. The van der Waals surface area contributed by atoms with E-state index in [0.29, 0.717) is 17.3 Å². The monoisotopic (exact) mass is 341 g/mol. The summed E-state index contributed by atoms with van der Waals surface area (Å²) in [7, 11) is 0. The molecule has 0 atom stereocenters. The molecule has 106 valence electrons. The summed E-state index contributed by atoms with van der Waals surface area (Å²) in [6.45, 7) is -0.715. The van der Waals surface area contributed by atoms with Gasteiger partial charge in [-0.2, -0.15) is 15.6 Å². The zero-order valence-electron chi connectivity index (χ0n) is 10.3. The second-order valence-electron chi connectivity index (χ2n) is 3.82. The predicted molar refractivity (Wildman–Crippen MR) is 79.0 cm³/mol. The van der Waals surface area contributed by atoms with Gasteiger partial charge >= 0.3 is 0 Å². The van der Waals surface area contributed by atoms with E-state index in [2.05, 4.69) is 5.10 Å². The highest BCUT2D eigenvalue weighted by Crippen LogP contribution is 2.36. The van der Waals surface area contributed by atoms with E-state index in [0.717, 1.165) is 0 Å². The number of nitrogens with zero attached hydrogens (tertiary/aromatic N) is 4. The van der Waals surface area contributed by atoms with E-state index < -0.39 is 6.67 Å². The highest BCUT2D eigenvalue weighted by molar-refractivity contribution is 8.04. The Hall–Kier alpha value is -1.93. The number of thiocyanates is 1. The first kappa shape index (κ1) is 15.5. The van der Waals surface area contributed by atoms with Gasteiger partial charge in [0.15, 0.2) is 5.69 Å². The van der Waals surface area contributed by atoms with Crippen molar-refractivity contribution in [1.82, 2.24) is 9.78 Å². The quantitative estimate of drug-likeness (QED) is 0.679. The molecule has 0 saturated heterocycles. The zero-order chi connectivity index (χ0) is 15.6. The largest absolute Gasteiger partial charge is 0.383 e. The van der Waals surface area contributed by atoms with Crippen LogP contribution in [0.15, 0.2) is 17.0 Å². The van der Waals surface area contributed by atoms with Crippen molar-refractivity contribution < 1.29 is 4.39 Å². The summed E-state index contributed by atoms with van der Waals surface area (Å²) in [4.78, 5) is 0.224. The summed E-state index contributed by atoms with van der Waals surface area (Å²) in [6.07, 6.45) is 0. The second kappa shape index (κ2) is 6.23. The second-order valence-corrected chi connectivity index (χ2v) is 5.43. The first-order valence-corrected chi connectivity index (χ1v) is 6.99. The van der Waals surface area contributed by atoms with Crippen LogP contribution in [-0.4, -0.2) is 9.78 Å². The van der Waals surface area contributed by atoms with Crippen LogP contribution in [0.4, 0.5) is 10.2 Å². The SMILES string of the molecule is N#CSc1c(C#N)nn(-c2c(Cl)cc(CF)cc2Cl)c1N. The van der Waals surface area contributed by atoms with Crippen LogP contribution in [0, 0.1) is 22.0 Å². The van der Waals surface area contributed by atoms with Gasteiger partial charge in [0.05, 0.1) is 10.0 Å². The summed E-state index contributed by atoms with van der Waals surface area (Å²) in [5.74, 6) is 0.0647. The number of alkyl halides is 1. The number of anilines is 1. The number of benzene rings is 1. The molecule has 0 radical (unpaired) electrons. The maximum Gasteiger partial charge on any atom is 0.179 e. The Morgan fingerprint density at radius 2 is 1.95 bits per heavy atom. The van der Waals surface area contributed by atoms with E-state index in [1.807, 2.05) is 11.5 Å². The van der Waals surface area contributed by atoms with E-state index in [9.17, 15) is 4.39 Å². The molecule has 0 bridgehead atoms. The first-order chi connectivity index (χ1) is 10.0. The van der Waals surface area contributed by atoms with Gasteiger partial charge in [-0.3, -0.25) is 0 Å². The zero-order valence-corrected chi connectivity index (χ0v) is 12.6. The molecule has 0 fully saturated rings. The van der Waals surface area contributed by atoms with Crippen LogP contribution in [0.3, 0.4) is 0 Å². The molecular formula is C12H6Cl2FN5S. The first-order valence-electron chi connectivity index (χ1n) is 5.42. The Morgan fingerprint density at radius 3 is 2.43 bits per heavy atom. The van der Waals surface area contributed by atoms with Gasteiger partial charge in [0.1, 0.15) is 34.5 Å². The van der Waals surface area contributed by atoms with E-state index in [-0.39, 0.29) is 32.1 Å². The van der Waals surface area contributed by atoms with Crippen molar-refractivity contribution in [2.24, 2.45) is 0 Å². The molecule has 0 aliphatic carbocycles. The maximum atomic E-state index is 12.7. The molecule has 1 heterocycles. The molecule has 0 amide bonds. The number of nitriles is 2. The molecule has 5 nitrogen and oxygen atoms in total. The van der Waals surface area contributed by atoms with Gasteiger partial charge in [-0.15, -0.1) is 0 Å². The fourth-order valence-electron chi connectivity index (χ4n) is 1.70. The van der Waals surface area contributed by atoms with E-state index in [4.69, 9.17) is 39.5 Å². The number of nitrogen functional groups attached to an aromatic ring is 1. The number of nitrogens with two attached hydrogens (primary N) is 1. The van der Waals surface area contributed by atoms with Crippen LogP contribution in [-0.2, 0) is 6.67 Å². The number of rotatable bonds is 3. The Morgan fingerprint density at radius 1 is 1.33 bits per heavy atom. The number of hydrogen-bond acceptors (Lipinski definition) is 5. The standard InChI is InChI=1S/C12H6Cl2FN5S/c13-7-1-6(3-15)2-8(14)10(7)20-12(18)11(21-5-17)9(4-16)19-20/h1-2H,3,18H2. The third-order valence-electron chi connectivity index (χ3n) is 2.57. The predicted octanol–water partition coefficient (Wildman–Crippen LogP) is 3.68. The van der Waals surface area contributed by atoms with Gasteiger partial charge in [0.2, 0.25) is 0 Å². The maximum absolute atomic E-state index is 12.7. The van der Waals surface area contributed by atoms with Crippen molar-refractivity contribution in [1.29, 1.82) is 10.5 Å². The minimum Gasteiger partial charge on any atom is -0.383 e. The van der Waals surface area contributed by atoms with Crippen LogP contribution in [0.5, 0.6) is 0 Å². The van der Waals surface area contributed by atoms with Crippen molar-refractivity contribution >= 4 is 40.8 Å². The normalized spacial score (nSPS) is 10.1. The van der Waals surface area contributed by atoms with Crippen molar-refractivity contribution in [2.45, 2.75) is 11.6 Å². The molecule has 1 aromatic carbocycles. The van der Waals surface area contributed by atoms with Crippen molar-refractivity contribution in [2.75, 3.05) is 5.73 Å². The molecule has 2 rings (SSSR count). The molecule has 2 N–H and O–H groups in total. The van der Waals surface area contributed by atoms with Crippen LogP contribution in [0.2, 0.25) is 10.0 Å². The van der Waals surface area contributed by atoms with Crippen LogP contribution < -0.4 is 5.73 Å². The lowest BCUT2D eigenvalue weighted by molar-refractivity contribution is 0.485. The van der Waals surface area contributed by atoms with Gasteiger partial charge in [0, 0.05) is 0 Å². The molecule has 0 aliphatic heterocycles. The molecule has 0 aliphatic rings. The van der Waals surface area contributed by atoms with Crippen LogP contribution in [0.1, 0.15) is 11.3 Å².